The Morgan fingerprint density at radius 1 is 0.958 bits per heavy atom. The van der Waals surface area contributed by atoms with Gasteiger partial charge in [-0.3, -0.25) is 0 Å². The molecule has 1 atom stereocenters. The third-order valence-electron chi connectivity index (χ3n) is 3.95. The summed E-state index contributed by atoms with van der Waals surface area (Å²) in [6.45, 7) is 1.94. The van der Waals surface area contributed by atoms with Gasteiger partial charge in [-0.15, -0.1) is 0 Å². The first kappa shape index (κ1) is 17.6. The Kier molecular flexibility index (Phi) is 5.60. The van der Waals surface area contributed by atoms with E-state index in [0.29, 0.717) is 29.4 Å². The lowest BCUT2D eigenvalue weighted by molar-refractivity contribution is 0.387. The van der Waals surface area contributed by atoms with Gasteiger partial charge < -0.3 is 18.9 Å². The molecule has 0 aliphatic carbocycles. The lowest BCUT2D eigenvalue weighted by Gasteiger charge is -2.21. The molecule has 2 rings (SSSR count). The molecule has 2 aromatic carbocycles. The zero-order valence-corrected chi connectivity index (χ0v) is 14.5. The third-order valence-corrected chi connectivity index (χ3v) is 3.95. The number of azide groups is 1. The van der Waals surface area contributed by atoms with Crippen LogP contribution in [0.25, 0.3) is 21.2 Å². The van der Waals surface area contributed by atoms with Crippen molar-refractivity contribution >= 4 is 10.8 Å². The molecule has 0 aliphatic heterocycles. The summed E-state index contributed by atoms with van der Waals surface area (Å²) in [7, 11) is 6.34. The number of fused-ring (bicyclic) bond motifs is 1. The Hall–Kier alpha value is -2.79. The van der Waals surface area contributed by atoms with Gasteiger partial charge in [-0.1, -0.05) is 12.0 Å². The van der Waals surface area contributed by atoms with E-state index in [-0.39, 0.29) is 6.04 Å². The van der Waals surface area contributed by atoms with Gasteiger partial charge in [0.2, 0.25) is 0 Å². The van der Waals surface area contributed by atoms with Crippen LogP contribution in [0, 0.1) is 0 Å². The number of ether oxygens (including phenoxy) is 4. The van der Waals surface area contributed by atoms with Gasteiger partial charge in [0.1, 0.15) is 23.0 Å². The quantitative estimate of drug-likeness (QED) is 0.420. The van der Waals surface area contributed by atoms with Crippen LogP contribution in [0.1, 0.15) is 24.9 Å². The minimum atomic E-state index is -0.376. The van der Waals surface area contributed by atoms with Crippen molar-refractivity contribution in [3.05, 3.63) is 34.2 Å². The molecule has 0 aliphatic rings. The van der Waals surface area contributed by atoms with E-state index in [1.54, 1.807) is 34.5 Å². The largest absolute Gasteiger partial charge is 0.496 e. The Morgan fingerprint density at radius 2 is 1.54 bits per heavy atom. The van der Waals surface area contributed by atoms with Crippen LogP contribution in [0.2, 0.25) is 0 Å². The van der Waals surface area contributed by atoms with Crippen molar-refractivity contribution in [3.8, 4) is 23.0 Å². The van der Waals surface area contributed by atoms with Crippen LogP contribution in [0.4, 0.5) is 0 Å². The Morgan fingerprint density at radius 3 is 2.00 bits per heavy atom. The standard InChI is InChI=1S/C17H21N3O4/c1-6-11(19-20-18)10-9-14(23-4)15-12(21-2)7-8-13(22-3)16(15)17(10)24-5/h7-9,11H,6H2,1-5H3. The van der Waals surface area contributed by atoms with Crippen molar-refractivity contribution in [2.75, 3.05) is 28.4 Å². The van der Waals surface area contributed by atoms with E-state index in [1.807, 2.05) is 19.1 Å². The maximum absolute atomic E-state index is 8.86. The molecule has 7 heteroatoms. The van der Waals surface area contributed by atoms with E-state index in [0.717, 1.165) is 16.3 Å². The van der Waals surface area contributed by atoms with Gasteiger partial charge in [0, 0.05) is 10.5 Å². The second-order valence-corrected chi connectivity index (χ2v) is 5.05. The number of rotatable bonds is 7. The van der Waals surface area contributed by atoms with Gasteiger partial charge in [-0.2, -0.15) is 0 Å². The van der Waals surface area contributed by atoms with Crippen LogP contribution in [0.5, 0.6) is 23.0 Å². The summed E-state index contributed by atoms with van der Waals surface area (Å²) < 4.78 is 22.2. The van der Waals surface area contributed by atoms with Gasteiger partial charge in [-0.25, -0.2) is 0 Å². The van der Waals surface area contributed by atoms with Gasteiger partial charge in [0.25, 0.3) is 0 Å². The van der Waals surface area contributed by atoms with Crippen LogP contribution in [0.3, 0.4) is 0 Å². The molecule has 0 heterocycles. The fraction of sp³-hybridized carbons (Fsp3) is 0.412. The fourth-order valence-electron chi connectivity index (χ4n) is 2.85. The lowest BCUT2D eigenvalue weighted by atomic mass is 9.97. The molecule has 0 saturated heterocycles. The van der Waals surface area contributed by atoms with Crippen molar-refractivity contribution < 1.29 is 18.9 Å². The molecule has 0 aromatic heterocycles. The molecule has 0 bridgehead atoms. The average Bonchev–Trinajstić information content (AvgIpc) is 2.63. The first-order valence-electron chi connectivity index (χ1n) is 7.50. The fourth-order valence-corrected chi connectivity index (χ4v) is 2.85. The SMILES string of the molecule is CCC(N=[N+]=[N-])c1cc(OC)c2c(OC)ccc(OC)c2c1OC. The second-order valence-electron chi connectivity index (χ2n) is 5.05. The normalized spacial score (nSPS) is 11.5. The molecular formula is C17H21N3O4. The zero-order chi connectivity index (χ0) is 17.7. The van der Waals surface area contributed by atoms with Gasteiger partial charge >= 0.3 is 0 Å². The number of nitrogens with zero attached hydrogens (tertiary/aromatic N) is 3. The highest BCUT2D eigenvalue weighted by Crippen LogP contribution is 2.48. The minimum absolute atomic E-state index is 0.376. The maximum Gasteiger partial charge on any atom is 0.134 e. The Bertz CT molecular complexity index is 785. The summed E-state index contributed by atoms with van der Waals surface area (Å²) in [5, 5.41) is 5.34. The molecule has 0 spiro atoms. The summed E-state index contributed by atoms with van der Waals surface area (Å²) in [5.74, 6) is 2.45. The maximum atomic E-state index is 8.86. The monoisotopic (exact) mass is 331 g/mol. The first-order chi connectivity index (χ1) is 11.7. The van der Waals surface area contributed by atoms with E-state index in [4.69, 9.17) is 24.5 Å². The molecule has 1 unspecified atom stereocenters. The summed E-state index contributed by atoms with van der Waals surface area (Å²) >= 11 is 0. The number of hydrogen-bond acceptors (Lipinski definition) is 5. The molecule has 0 fully saturated rings. The molecule has 7 nitrogen and oxygen atoms in total. The van der Waals surface area contributed by atoms with Crippen molar-refractivity contribution in [2.24, 2.45) is 5.11 Å². The first-order valence-corrected chi connectivity index (χ1v) is 7.50. The minimum Gasteiger partial charge on any atom is -0.496 e. The van der Waals surface area contributed by atoms with E-state index in [1.165, 1.54) is 0 Å². The van der Waals surface area contributed by atoms with Crippen molar-refractivity contribution in [3.63, 3.8) is 0 Å². The van der Waals surface area contributed by atoms with Crippen molar-refractivity contribution in [2.45, 2.75) is 19.4 Å². The van der Waals surface area contributed by atoms with Crippen LogP contribution in [0.15, 0.2) is 23.3 Å². The van der Waals surface area contributed by atoms with Crippen molar-refractivity contribution in [1.29, 1.82) is 0 Å². The Balaban J connectivity index is 2.99. The molecule has 24 heavy (non-hydrogen) atoms. The molecule has 128 valence electrons. The molecule has 0 amide bonds. The third kappa shape index (κ3) is 2.86. The number of benzene rings is 2. The predicted molar refractivity (Wildman–Crippen MR) is 92.3 cm³/mol. The summed E-state index contributed by atoms with van der Waals surface area (Å²) in [6.07, 6.45) is 0.626. The van der Waals surface area contributed by atoms with Crippen molar-refractivity contribution in [1.82, 2.24) is 0 Å². The highest BCUT2D eigenvalue weighted by molar-refractivity contribution is 6.03. The number of hydrogen-bond donors (Lipinski definition) is 0. The molecular weight excluding hydrogens is 310 g/mol. The smallest absolute Gasteiger partial charge is 0.134 e. The van der Waals surface area contributed by atoms with E-state index in [9.17, 15) is 0 Å². The van der Waals surface area contributed by atoms with E-state index >= 15 is 0 Å². The number of methoxy groups -OCH3 is 4. The van der Waals surface area contributed by atoms with Gasteiger partial charge in [0.15, 0.2) is 0 Å². The van der Waals surface area contributed by atoms with Crippen LogP contribution in [-0.2, 0) is 0 Å². The molecule has 0 N–H and O–H groups in total. The Labute approximate surface area is 140 Å². The molecule has 2 aromatic rings. The van der Waals surface area contributed by atoms with Gasteiger partial charge in [0.05, 0.1) is 45.3 Å². The zero-order valence-electron chi connectivity index (χ0n) is 14.5. The summed E-state index contributed by atoms with van der Waals surface area (Å²) in [5.41, 5.74) is 9.60. The molecule has 0 saturated carbocycles. The van der Waals surface area contributed by atoms with Crippen LogP contribution >= 0.6 is 0 Å². The molecule has 0 radical (unpaired) electrons. The predicted octanol–water partition coefficient (Wildman–Crippen LogP) is 4.64. The van der Waals surface area contributed by atoms with Crippen LogP contribution in [-0.4, -0.2) is 28.4 Å². The average molecular weight is 331 g/mol. The van der Waals surface area contributed by atoms with Gasteiger partial charge in [-0.05, 0) is 30.2 Å². The highest BCUT2D eigenvalue weighted by atomic mass is 16.5. The highest BCUT2D eigenvalue weighted by Gasteiger charge is 2.24. The second kappa shape index (κ2) is 7.66. The van der Waals surface area contributed by atoms with E-state index in [2.05, 4.69) is 10.0 Å². The topological polar surface area (TPSA) is 85.7 Å². The summed E-state index contributed by atoms with van der Waals surface area (Å²) in [4.78, 5) is 2.94. The van der Waals surface area contributed by atoms with Crippen LogP contribution < -0.4 is 18.9 Å². The van der Waals surface area contributed by atoms with E-state index < -0.39 is 0 Å². The lowest BCUT2D eigenvalue weighted by Crippen LogP contribution is -2.02. The summed E-state index contributed by atoms with van der Waals surface area (Å²) in [6, 6.07) is 5.07.